The Bertz CT molecular complexity index is 816. The van der Waals surface area contributed by atoms with Crippen LogP contribution < -0.4 is 10.6 Å². The zero-order chi connectivity index (χ0) is 18.8. The Morgan fingerprint density at radius 1 is 1.15 bits per heavy atom. The van der Waals surface area contributed by atoms with Crippen molar-refractivity contribution in [2.75, 3.05) is 18.4 Å². The second kappa shape index (κ2) is 7.82. The van der Waals surface area contributed by atoms with Crippen molar-refractivity contribution in [3.63, 3.8) is 0 Å². The Balaban J connectivity index is 1.52. The number of anilines is 1. The molecule has 2 aliphatic rings. The van der Waals surface area contributed by atoms with E-state index in [4.69, 9.17) is 0 Å². The fourth-order valence-corrected chi connectivity index (χ4v) is 4.87. The molecular weight excluding hydrogens is 358 g/mol. The van der Waals surface area contributed by atoms with E-state index in [1.165, 1.54) is 16.9 Å². The van der Waals surface area contributed by atoms with Gasteiger partial charge in [-0.05, 0) is 61.4 Å². The van der Waals surface area contributed by atoms with Gasteiger partial charge in [0, 0.05) is 24.2 Å². The zero-order valence-corrected chi connectivity index (χ0v) is 16.3. The summed E-state index contributed by atoms with van der Waals surface area (Å²) in [6, 6.07) is 10.0. The van der Waals surface area contributed by atoms with Gasteiger partial charge in [-0.3, -0.25) is 9.59 Å². The lowest BCUT2D eigenvalue weighted by Gasteiger charge is -2.28. The fraction of sp³-hybridized carbons (Fsp3) is 0.429. The van der Waals surface area contributed by atoms with E-state index in [2.05, 4.69) is 17.6 Å². The van der Waals surface area contributed by atoms with Crippen molar-refractivity contribution in [2.45, 2.75) is 44.7 Å². The number of carbonyl (C=O) groups is 2. The van der Waals surface area contributed by atoms with Crippen LogP contribution in [0.4, 0.5) is 5.00 Å². The van der Waals surface area contributed by atoms with E-state index in [0.717, 1.165) is 38.8 Å². The SMILES string of the molecule is CCc1ccc(C(=O)Nc2sccc2C(=O)N2C3CCNCC2CC3)cc1. The molecular formula is C21H25N3O2S. The molecule has 2 atom stereocenters. The van der Waals surface area contributed by atoms with Crippen molar-refractivity contribution in [3.05, 3.63) is 52.4 Å². The van der Waals surface area contributed by atoms with E-state index in [1.54, 1.807) is 0 Å². The molecule has 4 rings (SSSR count). The first-order valence-corrected chi connectivity index (χ1v) is 10.6. The van der Waals surface area contributed by atoms with Crippen LogP contribution in [0, 0.1) is 0 Å². The van der Waals surface area contributed by atoms with Crippen molar-refractivity contribution >= 4 is 28.2 Å². The van der Waals surface area contributed by atoms with Gasteiger partial charge in [0.15, 0.2) is 0 Å². The lowest BCUT2D eigenvalue weighted by Crippen LogP contribution is -2.42. The number of benzene rings is 1. The molecule has 0 radical (unpaired) electrons. The van der Waals surface area contributed by atoms with E-state index in [1.807, 2.05) is 40.6 Å². The first kappa shape index (κ1) is 18.2. The van der Waals surface area contributed by atoms with Crippen LogP contribution in [0.15, 0.2) is 35.7 Å². The average Bonchev–Trinajstić information content (AvgIpc) is 3.24. The molecule has 0 saturated carbocycles. The van der Waals surface area contributed by atoms with Gasteiger partial charge in [-0.1, -0.05) is 19.1 Å². The zero-order valence-electron chi connectivity index (χ0n) is 15.5. The van der Waals surface area contributed by atoms with Crippen molar-refractivity contribution in [1.82, 2.24) is 10.2 Å². The minimum Gasteiger partial charge on any atom is -0.331 e. The van der Waals surface area contributed by atoms with Crippen LogP contribution >= 0.6 is 11.3 Å². The molecule has 2 bridgehead atoms. The van der Waals surface area contributed by atoms with Gasteiger partial charge < -0.3 is 15.5 Å². The second-order valence-corrected chi connectivity index (χ2v) is 8.17. The summed E-state index contributed by atoms with van der Waals surface area (Å²) in [5, 5.41) is 8.89. The standard InChI is InChI=1S/C21H25N3O2S/c1-2-14-3-5-15(6-4-14)19(25)23-20-18(10-12-27-20)21(26)24-16-7-8-17(24)13-22-11-9-16/h3-6,10,12,16-17,22H,2,7-9,11,13H2,1H3,(H,23,25). The topological polar surface area (TPSA) is 61.4 Å². The third kappa shape index (κ3) is 3.64. The van der Waals surface area contributed by atoms with Crippen LogP contribution in [-0.4, -0.2) is 41.9 Å². The number of hydrogen-bond donors (Lipinski definition) is 2. The average molecular weight is 384 g/mol. The summed E-state index contributed by atoms with van der Waals surface area (Å²) in [6.07, 6.45) is 4.07. The highest BCUT2D eigenvalue weighted by molar-refractivity contribution is 7.14. The van der Waals surface area contributed by atoms with Gasteiger partial charge in [0.05, 0.1) is 5.56 Å². The van der Waals surface area contributed by atoms with Crippen LogP contribution in [0.3, 0.4) is 0 Å². The molecule has 1 aromatic carbocycles. The summed E-state index contributed by atoms with van der Waals surface area (Å²) in [5.41, 5.74) is 2.42. The molecule has 2 aliphatic heterocycles. The quantitative estimate of drug-likeness (QED) is 0.849. The Labute approximate surface area is 163 Å². The molecule has 142 valence electrons. The lowest BCUT2D eigenvalue weighted by molar-refractivity contribution is 0.0682. The lowest BCUT2D eigenvalue weighted by atomic mass is 10.1. The molecule has 27 heavy (non-hydrogen) atoms. The van der Waals surface area contributed by atoms with E-state index < -0.39 is 0 Å². The largest absolute Gasteiger partial charge is 0.331 e. The maximum atomic E-state index is 13.3. The van der Waals surface area contributed by atoms with Crippen molar-refractivity contribution in [3.8, 4) is 0 Å². The number of fused-ring (bicyclic) bond motifs is 2. The molecule has 2 aromatic rings. The number of hydrogen-bond acceptors (Lipinski definition) is 4. The third-order valence-corrected chi connectivity index (χ3v) is 6.47. The summed E-state index contributed by atoms with van der Waals surface area (Å²) in [7, 11) is 0. The van der Waals surface area contributed by atoms with Gasteiger partial charge in [-0.15, -0.1) is 11.3 Å². The number of nitrogens with one attached hydrogen (secondary N) is 2. The highest BCUT2D eigenvalue weighted by Gasteiger charge is 2.39. The number of carbonyl (C=O) groups excluding carboxylic acids is 2. The highest BCUT2D eigenvalue weighted by atomic mass is 32.1. The summed E-state index contributed by atoms with van der Waals surface area (Å²) in [4.78, 5) is 27.9. The fourth-order valence-electron chi connectivity index (χ4n) is 4.09. The molecule has 2 N–H and O–H groups in total. The number of nitrogens with zero attached hydrogens (tertiary/aromatic N) is 1. The van der Waals surface area contributed by atoms with Crippen LogP contribution in [0.5, 0.6) is 0 Å². The van der Waals surface area contributed by atoms with E-state index in [0.29, 0.717) is 22.2 Å². The normalized spacial score (nSPS) is 21.7. The molecule has 1 aromatic heterocycles. The van der Waals surface area contributed by atoms with Gasteiger partial charge in [-0.2, -0.15) is 0 Å². The minimum atomic E-state index is -0.172. The Morgan fingerprint density at radius 3 is 2.70 bits per heavy atom. The summed E-state index contributed by atoms with van der Waals surface area (Å²) in [6.45, 7) is 3.91. The van der Waals surface area contributed by atoms with E-state index in [9.17, 15) is 9.59 Å². The summed E-state index contributed by atoms with van der Waals surface area (Å²) >= 11 is 1.41. The summed E-state index contributed by atoms with van der Waals surface area (Å²) in [5.74, 6) is -0.126. The Kier molecular flexibility index (Phi) is 5.27. The van der Waals surface area contributed by atoms with Crippen LogP contribution in [0.25, 0.3) is 0 Å². The van der Waals surface area contributed by atoms with Crippen LogP contribution in [0.2, 0.25) is 0 Å². The molecule has 6 heteroatoms. The molecule has 2 saturated heterocycles. The molecule has 0 spiro atoms. The van der Waals surface area contributed by atoms with Gasteiger partial charge in [-0.25, -0.2) is 0 Å². The number of aryl methyl sites for hydroxylation is 1. The first-order chi connectivity index (χ1) is 13.2. The predicted molar refractivity (Wildman–Crippen MR) is 109 cm³/mol. The van der Waals surface area contributed by atoms with Crippen molar-refractivity contribution in [2.24, 2.45) is 0 Å². The minimum absolute atomic E-state index is 0.0454. The Hall–Kier alpha value is -2.18. The van der Waals surface area contributed by atoms with Gasteiger partial charge in [0.2, 0.25) is 0 Å². The van der Waals surface area contributed by atoms with Crippen LogP contribution in [0.1, 0.15) is 52.5 Å². The molecule has 2 amide bonds. The Morgan fingerprint density at radius 2 is 1.93 bits per heavy atom. The predicted octanol–water partition coefficient (Wildman–Crippen LogP) is 3.53. The van der Waals surface area contributed by atoms with Crippen molar-refractivity contribution in [1.29, 1.82) is 0 Å². The van der Waals surface area contributed by atoms with Crippen LogP contribution in [-0.2, 0) is 6.42 Å². The number of thiophene rings is 1. The number of amides is 2. The van der Waals surface area contributed by atoms with E-state index in [-0.39, 0.29) is 17.9 Å². The third-order valence-electron chi connectivity index (χ3n) is 5.64. The molecule has 3 heterocycles. The number of rotatable bonds is 4. The smallest absolute Gasteiger partial charge is 0.257 e. The maximum Gasteiger partial charge on any atom is 0.257 e. The van der Waals surface area contributed by atoms with Gasteiger partial charge >= 0.3 is 0 Å². The van der Waals surface area contributed by atoms with Gasteiger partial charge in [0.1, 0.15) is 5.00 Å². The molecule has 2 unspecified atom stereocenters. The monoisotopic (exact) mass is 383 g/mol. The second-order valence-electron chi connectivity index (χ2n) is 7.26. The molecule has 5 nitrogen and oxygen atoms in total. The molecule has 2 fully saturated rings. The summed E-state index contributed by atoms with van der Waals surface area (Å²) < 4.78 is 0. The van der Waals surface area contributed by atoms with Crippen molar-refractivity contribution < 1.29 is 9.59 Å². The maximum absolute atomic E-state index is 13.3. The first-order valence-electron chi connectivity index (χ1n) is 9.68. The van der Waals surface area contributed by atoms with Gasteiger partial charge in [0.25, 0.3) is 11.8 Å². The highest BCUT2D eigenvalue weighted by Crippen LogP contribution is 2.33. The van der Waals surface area contributed by atoms with E-state index >= 15 is 0 Å². The molecule has 0 aliphatic carbocycles.